The third kappa shape index (κ3) is 3.88. The van der Waals surface area contributed by atoms with Crippen molar-refractivity contribution < 1.29 is 27.1 Å². The van der Waals surface area contributed by atoms with Crippen molar-refractivity contribution in [1.29, 1.82) is 0 Å². The summed E-state index contributed by atoms with van der Waals surface area (Å²) < 4.78 is 47.6. The Balaban J connectivity index is 1.77. The van der Waals surface area contributed by atoms with Crippen LogP contribution in [-0.4, -0.2) is 17.6 Å². The van der Waals surface area contributed by atoms with E-state index in [1.165, 1.54) is 30.3 Å². The van der Waals surface area contributed by atoms with Crippen molar-refractivity contribution >= 4 is 29.7 Å². The van der Waals surface area contributed by atoms with E-state index in [1.54, 1.807) is 12.1 Å². The third-order valence-corrected chi connectivity index (χ3v) is 3.73. The second kappa shape index (κ2) is 6.96. The minimum atomic E-state index is -2.48. The summed E-state index contributed by atoms with van der Waals surface area (Å²) in [4.78, 5) is 15.9. The molecule has 3 rings (SSSR count). The van der Waals surface area contributed by atoms with Crippen LogP contribution in [0.2, 0.25) is 0 Å². The lowest BCUT2D eigenvalue weighted by atomic mass is 10.2. The van der Waals surface area contributed by atoms with Crippen molar-refractivity contribution in [2.24, 2.45) is 4.99 Å². The molecule has 124 valence electrons. The fraction of sp³-hybridized carbons (Fsp3) is 0.125. The molecule has 0 radical (unpaired) electrons. The first kappa shape index (κ1) is 16.4. The van der Waals surface area contributed by atoms with E-state index in [4.69, 9.17) is 9.15 Å². The van der Waals surface area contributed by atoms with Gasteiger partial charge in [-0.25, -0.2) is 14.2 Å². The number of halogens is 3. The summed E-state index contributed by atoms with van der Waals surface area (Å²) in [5.41, 5.74) is 0.471. The summed E-state index contributed by atoms with van der Waals surface area (Å²) >= 11 is 0.442. The number of aliphatic imine (C=N–C) groups is 1. The van der Waals surface area contributed by atoms with Crippen molar-refractivity contribution in [2.75, 3.05) is 0 Å². The molecular weight excluding hydrogens is 343 g/mol. The number of furan rings is 1. The summed E-state index contributed by atoms with van der Waals surface area (Å²) in [7, 11) is 0. The number of cyclic esters (lactones) is 1. The van der Waals surface area contributed by atoms with Gasteiger partial charge in [0.05, 0.1) is 5.75 Å². The molecule has 1 aromatic carbocycles. The Morgan fingerprint density at radius 1 is 1.17 bits per heavy atom. The number of alkyl halides is 2. The molecule has 4 nitrogen and oxygen atoms in total. The fourth-order valence-corrected chi connectivity index (χ4v) is 2.40. The number of carbonyl (C=O) groups excluding carboxylic acids is 1. The molecule has 0 saturated carbocycles. The minimum absolute atomic E-state index is 0.0109. The van der Waals surface area contributed by atoms with E-state index in [2.05, 4.69) is 4.99 Å². The summed E-state index contributed by atoms with van der Waals surface area (Å²) in [6.07, 6.45) is 1.36. The lowest BCUT2D eigenvalue weighted by Crippen LogP contribution is -2.05. The van der Waals surface area contributed by atoms with Crippen LogP contribution < -0.4 is 0 Å². The second-order valence-corrected chi connectivity index (χ2v) is 5.70. The van der Waals surface area contributed by atoms with Gasteiger partial charge in [-0.2, -0.15) is 8.78 Å². The highest BCUT2D eigenvalue weighted by atomic mass is 32.2. The average Bonchev–Trinajstić information content (AvgIpc) is 3.14. The molecule has 1 aliphatic rings. The van der Waals surface area contributed by atoms with Gasteiger partial charge in [-0.05, 0) is 36.4 Å². The van der Waals surface area contributed by atoms with Gasteiger partial charge in [-0.15, -0.1) is 0 Å². The lowest BCUT2D eigenvalue weighted by molar-refractivity contribution is -0.129. The highest BCUT2D eigenvalue weighted by Crippen LogP contribution is 2.24. The molecule has 24 heavy (non-hydrogen) atoms. The number of thioether (sulfide) groups is 1. The van der Waals surface area contributed by atoms with Crippen LogP contribution in [0.25, 0.3) is 6.08 Å². The van der Waals surface area contributed by atoms with Crippen LogP contribution >= 0.6 is 11.8 Å². The number of rotatable bonds is 5. The Morgan fingerprint density at radius 2 is 1.92 bits per heavy atom. The highest BCUT2D eigenvalue weighted by molar-refractivity contribution is 7.98. The van der Waals surface area contributed by atoms with E-state index in [0.29, 0.717) is 28.8 Å². The maximum Gasteiger partial charge on any atom is 0.363 e. The van der Waals surface area contributed by atoms with Crippen molar-refractivity contribution in [3.8, 4) is 0 Å². The van der Waals surface area contributed by atoms with Gasteiger partial charge in [0.1, 0.15) is 17.3 Å². The largest absolute Gasteiger partial charge is 0.461 e. The third-order valence-electron chi connectivity index (χ3n) is 3.02. The molecular formula is C16H10F3NO3S. The van der Waals surface area contributed by atoms with Gasteiger partial charge in [0.25, 0.3) is 5.76 Å². The number of hydrogen-bond donors (Lipinski definition) is 0. The van der Waals surface area contributed by atoms with Gasteiger partial charge in [0.2, 0.25) is 5.90 Å². The fourth-order valence-electron chi connectivity index (χ4n) is 1.95. The molecule has 1 aliphatic heterocycles. The maximum absolute atomic E-state index is 12.9. The van der Waals surface area contributed by atoms with Crippen LogP contribution in [-0.2, 0) is 15.3 Å². The SMILES string of the molecule is O=C1OC(c2ccc(F)cc2)=N/C1=C\c1ccc(CSC(F)F)o1. The number of hydrogen-bond acceptors (Lipinski definition) is 5. The first-order valence-electron chi connectivity index (χ1n) is 6.78. The Hall–Kier alpha value is -2.48. The summed E-state index contributed by atoms with van der Waals surface area (Å²) in [5, 5.41) is 0. The molecule has 8 heteroatoms. The molecule has 0 saturated heterocycles. The summed E-state index contributed by atoms with van der Waals surface area (Å²) in [6.45, 7) is 0. The zero-order valence-corrected chi connectivity index (χ0v) is 12.9. The second-order valence-electron chi connectivity index (χ2n) is 4.72. The van der Waals surface area contributed by atoms with Gasteiger partial charge >= 0.3 is 5.97 Å². The number of benzene rings is 1. The zero-order chi connectivity index (χ0) is 17.1. The van der Waals surface area contributed by atoms with E-state index in [0.717, 1.165) is 0 Å². The summed E-state index contributed by atoms with van der Waals surface area (Å²) in [6, 6.07) is 8.44. The van der Waals surface area contributed by atoms with Crippen molar-refractivity contribution in [2.45, 2.75) is 11.5 Å². The van der Waals surface area contributed by atoms with Gasteiger partial charge in [0.15, 0.2) is 5.70 Å². The molecule has 0 bridgehead atoms. The molecule has 2 aromatic rings. The highest BCUT2D eigenvalue weighted by Gasteiger charge is 2.24. The maximum atomic E-state index is 12.9. The Labute approximate surface area is 139 Å². The smallest absolute Gasteiger partial charge is 0.363 e. The number of ether oxygens (including phenoxy) is 1. The number of nitrogens with zero attached hydrogens (tertiary/aromatic N) is 1. The Kier molecular flexibility index (Phi) is 4.75. The van der Waals surface area contributed by atoms with Crippen molar-refractivity contribution in [3.05, 3.63) is 65.0 Å². The summed E-state index contributed by atoms with van der Waals surface area (Å²) in [5.74, 6) is -2.82. The first-order chi connectivity index (χ1) is 11.5. The quantitative estimate of drug-likeness (QED) is 0.597. The monoisotopic (exact) mass is 353 g/mol. The molecule has 1 aromatic heterocycles. The topological polar surface area (TPSA) is 51.8 Å². The number of esters is 1. The van der Waals surface area contributed by atoms with E-state index in [-0.39, 0.29) is 17.3 Å². The van der Waals surface area contributed by atoms with Crippen molar-refractivity contribution in [3.63, 3.8) is 0 Å². The van der Waals surface area contributed by atoms with Gasteiger partial charge in [-0.3, -0.25) is 0 Å². The molecule has 0 aliphatic carbocycles. The standard InChI is InChI=1S/C16H10F3NO3S/c17-10-3-1-9(2-4-10)14-20-13(15(21)23-14)7-11-5-6-12(22-11)8-24-16(18)19/h1-7,16H,8H2/b13-7-. The predicted octanol–water partition coefficient (Wildman–Crippen LogP) is 4.22. The molecule has 0 amide bonds. The van der Waals surface area contributed by atoms with Crippen LogP contribution in [0.1, 0.15) is 17.1 Å². The van der Waals surface area contributed by atoms with E-state index in [1.807, 2.05) is 0 Å². The number of carbonyl (C=O) groups is 1. The molecule has 2 heterocycles. The van der Waals surface area contributed by atoms with Crippen LogP contribution in [0.15, 0.2) is 51.5 Å². The van der Waals surface area contributed by atoms with Crippen LogP contribution in [0.3, 0.4) is 0 Å². The molecule has 0 spiro atoms. The van der Waals surface area contributed by atoms with Gasteiger partial charge in [0, 0.05) is 11.6 Å². The van der Waals surface area contributed by atoms with Crippen LogP contribution in [0.4, 0.5) is 13.2 Å². The Bertz CT molecular complexity index is 812. The molecule has 0 atom stereocenters. The predicted molar refractivity (Wildman–Crippen MR) is 83.0 cm³/mol. The normalized spacial score (nSPS) is 15.9. The van der Waals surface area contributed by atoms with Gasteiger partial charge < -0.3 is 9.15 Å². The van der Waals surface area contributed by atoms with E-state index >= 15 is 0 Å². The van der Waals surface area contributed by atoms with Crippen LogP contribution in [0, 0.1) is 5.82 Å². The van der Waals surface area contributed by atoms with Crippen LogP contribution in [0.5, 0.6) is 0 Å². The lowest BCUT2D eigenvalue weighted by Gasteiger charge is -1.98. The zero-order valence-electron chi connectivity index (χ0n) is 12.0. The average molecular weight is 353 g/mol. The minimum Gasteiger partial charge on any atom is -0.461 e. The van der Waals surface area contributed by atoms with E-state index in [9.17, 15) is 18.0 Å². The van der Waals surface area contributed by atoms with Crippen molar-refractivity contribution in [1.82, 2.24) is 0 Å². The molecule has 0 fully saturated rings. The molecule has 0 N–H and O–H groups in total. The van der Waals surface area contributed by atoms with Gasteiger partial charge in [-0.1, -0.05) is 11.8 Å². The molecule has 0 unspecified atom stereocenters. The Morgan fingerprint density at radius 3 is 2.62 bits per heavy atom. The first-order valence-corrected chi connectivity index (χ1v) is 7.83. The van der Waals surface area contributed by atoms with E-state index < -0.39 is 17.5 Å².